The van der Waals surface area contributed by atoms with Crippen LogP contribution >= 0.6 is 8.58 Å². The van der Waals surface area contributed by atoms with Crippen molar-refractivity contribution >= 4 is 28.3 Å². The molecule has 0 saturated heterocycles. The predicted octanol–water partition coefficient (Wildman–Crippen LogP) is 3.08. The topological polar surface area (TPSA) is 0 Å². The van der Waals surface area contributed by atoms with Crippen LogP contribution in [0.3, 0.4) is 0 Å². The van der Waals surface area contributed by atoms with Gasteiger partial charge in [0, 0.05) is 0 Å². The fourth-order valence-electron chi connectivity index (χ4n) is 0.250. The first kappa shape index (κ1) is 12.9. The third-order valence-corrected chi connectivity index (χ3v) is 1.50. The zero-order valence-electron chi connectivity index (χ0n) is 7.41. The molecule has 0 aliphatic rings. The van der Waals surface area contributed by atoms with Crippen LogP contribution in [-0.4, -0.2) is 32.1 Å². The molecule has 57 valence electrons. The third-order valence-electron chi connectivity index (χ3n) is 0.500. The molecule has 0 bridgehead atoms. The molecule has 0 spiro atoms. The Morgan fingerprint density at radius 1 is 1.00 bits per heavy atom. The average Bonchev–Trinajstić information content (AvgIpc) is 1.66. The summed E-state index contributed by atoms with van der Waals surface area (Å²) in [5, 5.41) is 0. The summed E-state index contributed by atoms with van der Waals surface area (Å²) in [6.07, 6.45) is 2.74. The van der Waals surface area contributed by atoms with Crippen LogP contribution in [0.15, 0.2) is 0 Å². The first-order valence-corrected chi connectivity index (χ1v) is 13.6. The Labute approximate surface area is 69.3 Å². The Bertz CT molecular complexity index is 33.1. The van der Waals surface area contributed by atoms with Crippen LogP contribution in [0.5, 0.6) is 0 Å². The molecule has 9 heavy (non-hydrogen) atoms. The Hall–Kier alpha value is 1.23. The maximum absolute atomic E-state index is 2.36. The molecule has 0 amide bonds. The van der Waals surface area contributed by atoms with Crippen molar-refractivity contribution in [3.05, 3.63) is 0 Å². The molecule has 0 N–H and O–H groups in total. The van der Waals surface area contributed by atoms with Crippen LogP contribution in [0.4, 0.5) is 0 Å². The van der Waals surface area contributed by atoms with E-state index in [9.17, 15) is 0 Å². The van der Waals surface area contributed by atoms with Crippen molar-refractivity contribution in [3.63, 3.8) is 0 Å². The quantitative estimate of drug-likeness (QED) is 0.524. The van der Waals surface area contributed by atoms with Crippen LogP contribution in [0.2, 0.25) is 14.8 Å². The second kappa shape index (κ2) is 12.0. The summed E-state index contributed by atoms with van der Waals surface area (Å²) < 4.78 is 0. The molecule has 2 heteroatoms. The number of hydrogen-bond donors (Lipinski definition) is 0. The van der Waals surface area contributed by atoms with Crippen molar-refractivity contribution in [1.29, 1.82) is 0 Å². The van der Waals surface area contributed by atoms with Crippen molar-refractivity contribution in [3.8, 4) is 0 Å². The van der Waals surface area contributed by atoms with Crippen LogP contribution in [-0.2, 0) is 0 Å². The van der Waals surface area contributed by atoms with E-state index in [4.69, 9.17) is 0 Å². The van der Waals surface area contributed by atoms with Gasteiger partial charge in [-0.3, -0.25) is 0 Å². The normalized spacial score (nSPS) is 8.67. The van der Waals surface area contributed by atoms with Gasteiger partial charge in [-0.25, -0.2) is 0 Å². The van der Waals surface area contributed by atoms with Crippen molar-refractivity contribution < 1.29 is 0 Å². The molecule has 1 radical (unpaired) electrons. The summed E-state index contributed by atoms with van der Waals surface area (Å²) in [5.41, 5.74) is 0. The summed E-state index contributed by atoms with van der Waals surface area (Å²) in [6, 6.07) is 0. The van der Waals surface area contributed by atoms with Gasteiger partial charge in [-0.05, 0) is 12.3 Å². The Morgan fingerprint density at radius 3 is 1.22 bits per heavy atom. The number of hydrogen-bond acceptors (Lipinski definition) is 0. The van der Waals surface area contributed by atoms with Crippen LogP contribution in [0.25, 0.3) is 0 Å². The molecule has 0 saturated carbocycles. The minimum atomic E-state index is -0.543. The Morgan fingerprint density at radius 2 is 1.22 bits per heavy atom. The Kier molecular flexibility index (Phi) is 17.1. The zero-order valence-corrected chi connectivity index (χ0v) is 11.3. The molecule has 0 heterocycles. The molecule has 0 aliphatic carbocycles. The van der Waals surface area contributed by atoms with Gasteiger partial charge in [-0.1, -0.05) is 13.8 Å². The first-order chi connectivity index (χ1) is 4.15. The van der Waals surface area contributed by atoms with E-state index in [1.165, 1.54) is 20.9 Å². The van der Waals surface area contributed by atoms with E-state index in [2.05, 4.69) is 28.7 Å². The fraction of sp³-hybridized carbons (Fsp3) is 1.00. The van der Waals surface area contributed by atoms with Crippen molar-refractivity contribution in [2.24, 2.45) is 0 Å². The molecule has 0 fully saturated rings. The van der Waals surface area contributed by atoms with Crippen LogP contribution < -0.4 is 0 Å². The van der Waals surface area contributed by atoms with Gasteiger partial charge < -0.3 is 0 Å². The molecular formula is C7H20PSn. The maximum atomic E-state index is 2.36. The molecule has 0 nitrogen and oxygen atoms in total. The van der Waals surface area contributed by atoms with Crippen molar-refractivity contribution in [1.82, 2.24) is 0 Å². The second-order valence-corrected chi connectivity index (χ2v) is 12.9. The predicted molar refractivity (Wildman–Crippen MR) is 52.7 cm³/mol. The summed E-state index contributed by atoms with van der Waals surface area (Å²) in [7, 11) is 1.20. The summed E-state index contributed by atoms with van der Waals surface area (Å²) in [6.45, 7) is 4.45. The van der Waals surface area contributed by atoms with E-state index in [0.29, 0.717) is 0 Å². The van der Waals surface area contributed by atoms with E-state index >= 15 is 0 Å². The van der Waals surface area contributed by atoms with Gasteiger partial charge in [0.1, 0.15) is 0 Å². The molecule has 0 aromatic heterocycles. The molecule has 0 aromatic rings. The van der Waals surface area contributed by atoms with E-state index in [-0.39, 0.29) is 0 Å². The van der Waals surface area contributed by atoms with Gasteiger partial charge in [-0.15, -0.1) is 8.58 Å². The minimum absolute atomic E-state index is 0.543. The van der Waals surface area contributed by atoms with Crippen molar-refractivity contribution in [2.45, 2.75) is 28.7 Å². The van der Waals surface area contributed by atoms with E-state index < -0.39 is 19.8 Å². The van der Waals surface area contributed by atoms with Crippen LogP contribution in [0.1, 0.15) is 13.8 Å². The van der Waals surface area contributed by atoms with E-state index in [1.54, 1.807) is 0 Å². The van der Waals surface area contributed by atoms with Gasteiger partial charge in [0.25, 0.3) is 0 Å². The van der Waals surface area contributed by atoms with Gasteiger partial charge in [0.05, 0.1) is 0 Å². The Balaban J connectivity index is 0. The van der Waals surface area contributed by atoms with Gasteiger partial charge >= 0.3 is 34.6 Å². The molecule has 0 aliphatic heterocycles. The second-order valence-electron chi connectivity index (χ2n) is 2.46. The molecular weight excluding hydrogens is 234 g/mol. The van der Waals surface area contributed by atoms with Gasteiger partial charge in [0.15, 0.2) is 0 Å². The van der Waals surface area contributed by atoms with Crippen molar-refractivity contribution in [2.75, 3.05) is 12.3 Å². The third kappa shape index (κ3) is 46.3. The fourth-order valence-corrected chi connectivity index (χ4v) is 0.750. The van der Waals surface area contributed by atoms with Crippen LogP contribution in [0, 0.1) is 0 Å². The zero-order chi connectivity index (χ0) is 7.70. The SMILES string of the molecule is CCPCC.[CH3][Sn]([CH3])[CH3]. The molecule has 0 unspecified atom stereocenters. The summed E-state index contributed by atoms with van der Waals surface area (Å²) >= 11 is -0.543. The summed E-state index contributed by atoms with van der Waals surface area (Å²) in [5.74, 6) is 0. The summed E-state index contributed by atoms with van der Waals surface area (Å²) in [4.78, 5) is 7.09. The monoisotopic (exact) mass is 255 g/mol. The van der Waals surface area contributed by atoms with Gasteiger partial charge in [0.2, 0.25) is 0 Å². The first-order valence-electron chi connectivity index (χ1n) is 3.62. The van der Waals surface area contributed by atoms with E-state index in [0.717, 1.165) is 0 Å². The molecule has 0 aromatic carbocycles. The number of rotatable bonds is 2. The van der Waals surface area contributed by atoms with E-state index in [1.807, 2.05) is 0 Å². The molecule has 0 atom stereocenters. The average molecular weight is 254 g/mol. The van der Waals surface area contributed by atoms with Gasteiger partial charge in [-0.2, -0.15) is 0 Å². The molecule has 0 rings (SSSR count). The standard InChI is InChI=1S/C4H11P.3CH3.Sn/c1-3-5-4-2;;;;/h5H,3-4H2,1-2H3;3*1H3;.